The molecule has 2 aromatic rings. The minimum absolute atomic E-state index is 0.0120. The fourth-order valence-electron chi connectivity index (χ4n) is 4.15. The van der Waals surface area contributed by atoms with Gasteiger partial charge in [0, 0.05) is 0 Å². The lowest BCUT2D eigenvalue weighted by atomic mass is 9.84. The Morgan fingerprint density at radius 3 is 2.72 bits per heavy atom. The summed E-state index contributed by atoms with van der Waals surface area (Å²) in [4.78, 5) is 27.0. The van der Waals surface area contributed by atoms with Crippen LogP contribution in [0.4, 0.5) is 9.18 Å². The molecule has 2 aromatic carbocycles. The van der Waals surface area contributed by atoms with Crippen molar-refractivity contribution in [3.05, 3.63) is 65.5 Å². The molecule has 3 amide bonds. The van der Waals surface area contributed by atoms with Gasteiger partial charge < -0.3 is 15.2 Å². The zero-order valence-corrected chi connectivity index (χ0v) is 15.9. The van der Waals surface area contributed by atoms with Crippen molar-refractivity contribution >= 4 is 11.9 Å². The second-order valence-corrected chi connectivity index (χ2v) is 7.51. The predicted molar refractivity (Wildman–Crippen MR) is 104 cm³/mol. The van der Waals surface area contributed by atoms with Gasteiger partial charge in [-0.05, 0) is 48.9 Å². The summed E-state index contributed by atoms with van der Waals surface area (Å²) in [6.45, 7) is -0.454. The normalized spacial score (nSPS) is 22.2. The van der Waals surface area contributed by atoms with E-state index in [2.05, 4.69) is 5.32 Å². The van der Waals surface area contributed by atoms with Crippen LogP contribution >= 0.6 is 0 Å². The van der Waals surface area contributed by atoms with Crippen LogP contribution in [-0.4, -0.2) is 41.2 Å². The molecule has 1 spiro atoms. The third-order valence-electron chi connectivity index (χ3n) is 5.56. The van der Waals surface area contributed by atoms with Crippen LogP contribution in [-0.2, 0) is 16.8 Å². The first kappa shape index (κ1) is 19.4. The number of aliphatic hydroxyl groups excluding tert-OH is 1. The molecular formula is C22H23FN2O4. The van der Waals surface area contributed by atoms with Gasteiger partial charge in [0.2, 0.25) is 0 Å². The molecule has 1 aliphatic carbocycles. The first-order chi connectivity index (χ1) is 14.0. The molecule has 0 aromatic heterocycles. The molecule has 0 bridgehead atoms. The fourth-order valence-corrected chi connectivity index (χ4v) is 4.15. The van der Waals surface area contributed by atoms with Crippen molar-refractivity contribution in [3.63, 3.8) is 0 Å². The van der Waals surface area contributed by atoms with E-state index in [1.807, 2.05) is 24.3 Å². The van der Waals surface area contributed by atoms with Crippen molar-refractivity contribution in [1.82, 2.24) is 10.2 Å². The number of para-hydroxylation sites is 1. The zero-order chi connectivity index (χ0) is 20.4. The molecule has 29 heavy (non-hydrogen) atoms. The monoisotopic (exact) mass is 398 g/mol. The predicted octanol–water partition coefficient (Wildman–Crippen LogP) is 2.74. The number of benzene rings is 2. The SMILES string of the molecule is O=C1N[C@@]2(CCCCc3ccccc32)C(=O)N1C[C@H](O)COc1ccccc1F. The van der Waals surface area contributed by atoms with Crippen LogP contribution in [0.15, 0.2) is 48.5 Å². The third-order valence-corrected chi connectivity index (χ3v) is 5.56. The van der Waals surface area contributed by atoms with Crippen molar-refractivity contribution in [2.24, 2.45) is 0 Å². The van der Waals surface area contributed by atoms with E-state index in [4.69, 9.17) is 4.74 Å². The number of nitrogens with one attached hydrogen (secondary N) is 1. The Morgan fingerprint density at radius 2 is 1.90 bits per heavy atom. The van der Waals surface area contributed by atoms with Crippen molar-refractivity contribution in [1.29, 1.82) is 0 Å². The first-order valence-corrected chi connectivity index (χ1v) is 9.79. The van der Waals surface area contributed by atoms with Gasteiger partial charge in [0.25, 0.3) is 5.91 Å². The number of nitrogens with zero attached hydrogens (tertiary/aromatic N) is 1. The Balaban J connectivity index is 1.49. The van der Waals surface area contributed by atoms with E-state index < -0.39 is 23.5 Å². The van der Waals surface area contributed by atoms with E-state index >= 15 is 0 Å². The quantitative estimate of drug-likeness (QED) is 0.759. The van der Waals surface area contributed by atoms with Gasteiger partial charge in [0.15, 0.2) is 11.6 Å². The topological polar surface area (TPSA) is 78.9 Å². The number of carbonyl (C=O) groups is 2. The first-order valence-electron chi connectivity index (χ1n) is 9.79. The van der Waals surface area contributed by atoms with Gasteiger partial charge >= 0.3 is 6.03 Å². The molecular weight excluding hydrogens is 375 g/mol. The van der Waals surface area contributed by atoms with Gasteiger partial charge in [-0.25, -0.2) is 9.18 Å². The number of carbonyl (C=O) groups excluding carboxylic acids is 2. The van der Waals surface area contributed by atoms with Crippen LogP contribution < -0.4 is 10.1 Å². The minimum atomic E-state index is -1.14. The molecule has 2 aliphatic rings. The van der Waals surface area contributed by atoms with Crippen LogP contribution in [0.5, 0.6) is 5.75 Å². The van der Waals surface area contributed by atoms with E-state index in [0.29, 0.717) is 6.42 Å². The maximum Gasteiger partial charge on any atom is 0.325 e. The smallest absolute Gasteiger partial charge is 0.325 e. The second-order valence-electron chi connectivity index (χ2n) is 7.51. The number of hydrogen-bond donors (Lipinski definition) is 2. The summed E-state index contributed by atoms with van der Waals surface area (Å²) in [6, 6.07) is 13.0. The van der Waals surface area contributed by atoms with Crippen molar-refractivity contribution in [2.75, 3.05) is 13.2 Å². The number of urea groups is 1. The molecule has 1 saturated heterocycles. The molecule has 0 unspecified atom stereocenters. The number of rotatable bonds is 5. The summed E-state index contributed by atoms with van der Waals surface area (Å²) in [7, 11) is 0. The van der Waals surface area contributed by atoms with Crippen molar-refractivity contribution in [3.8, 4) is 5.75 Å². The molecule has 7 heteroatoms. The average Bonchev–Trinajstić information content (AvgIpc) is 2.86. The number of fused-ring (bicyclic) bond motifs is 2. The summed E-state index contributed by atoms with van der Waals surface area (Å²) in [5, 5.41) is 13.2. The van der Waals surface area contributed by atoms with Gasteiger partial charge in [-0.15, -0.1) is 0 Å². The van der Waals surface area contributed by atoms with Crippen LogP contribution in [0, 0.1) is 5.82 Å². The highest BCUT2D eigenvalue weighted by atomic mass is 19.1. The van der Waals surface area contributed by atoms with Gasteiger partial charge in [0.05, 0.1) is 6.54 Å². The van der Waals surface area contributed by atoms with Crippen LogP contribution in [0.2, 0.25) is 0 Å². The zero-order valence-electron chi connectivity index (χ0n) is 15.9. The summed E-state index contributed by atoms with van der Waals surface area (Å²) < 4.78 is 18.9. The highest BCUT2D eigenvalue weighted by Gasteiger charge is 2.53. The summed E-state index contributed by atoms with van der Waals surface area (Å²) >= 11 is 0. The Morgan fingerprint density at radius 1 is 1.14 bits per heavy atom. The standard InChI is InChI=1S/C22H23FN2O4/c23-18-10-3-4-11-19(18)29-14-16(26)13-25-20(27)22(24-21(25)28)12-6-5-8-15-7-1-2-9-17(15)22/h1-4,7,9-11,16,26H,5-6,8,12-14H2,(H,24,28)/t16-,22+/m0/s1. The Kier molecular flexibility index (Phi) is 5.24. The molecule has 2 N–H and O–H groups in total. The van der Waals surface area contributed by atoms with E-state index in [-0.39, 0.29) is 24.8 Å². The minimum Gasteiger partial charge on any atom is -0.488 e. The highest BCUT2D eigenvalue weighted by molar-refractivity contribution is 6.07. The van der Waals surface area contributed by atoms with E-state index in [1.54, 1.807) is 6.07 Å². The number of amides is 3. The van der Waals surface area contributed by atoms with Gasteiger partial charge in [-0.3, -0.25) is 9.69 Å². The second kappa shape index (κ2) is 7.83. The number of aryl methyl sites for hydroxylation is 1. The lowest BCUT2D eigenvalue weighted by Gasteiger charge is -2.27. The van der Waals surface area contributed by atoms with E-state index in [1.165, 1.54) is 18.2 Å². The van der Waals surface area contributed by atoms with Gasteiger partial charge in [-0.1, -0.05) is 36.4 Å². The number of aliphatic hydroxyl groups is 1. The lowest BCUT2D eigenvalue weighted by Crippen LogP contribution is -2.45. The number of hydrogen-bond acceptors (Lipinski definition) is 4. The fraction of sp³-hybridized carbons (Fsp3) is 0.364. The lowest BCUT2D eigenvalue weighted by molar-refractivity contribution is -0.133. The maximum absolute atomic E-state index is 13.7. The number of ether oxygens (including phenoxy) is 1. The Bertz CT molecular complexity index is 935. The Hall–Kier alpha value is -2.93. The van der Waals surface area contributed by atoms with E-state index in [9.17, 15) is 19.1 Å². The largest absolute Gasteiger partial charge is 0.488 e. The van der Waals surface area contributed by atoms with Gasteiger partial charge in [-0.2, -0.15) is 0 Å². The van der Waals surface area contributed by atoms with Crippen molar-refractivity contribution < 1.29 is 23.8 Å². The average molecular weight is 398 g/mol. The van der Waals surface area contributed by atoms with E-state index in [0.717, 1.165) is 35.3 Å². The number of imide groups is 1. The molecule has 1 fully saturated rings. The maximum atomic E-state index is 13.7. The van der Waals surface area contributed by atoms with Crippen LogP contribution in [0.3, 0.4) is 0 Å². The van der Waals surface area contributed by atoms with Crippen molar-refractivity contribution in [2.45, 2.75) is 37.3 Å². The molecule has 1 heterocycles. The summed E-state index contributed by atoms with van der Waals surface area (Å²) in [5.74, 6) is -0.886. The van der Waals surface area contributed by atoms with Gasteiger partial charge in [0.1, 0.15) is 18.2 Å². The molecule has 6 nitrogen and oxygen atoms in total. The summed E-state index contributed by atoms with van der Waals surface area (Å²) in [6.07, 6.45) is 2.00. The molecule has 2 atom stereocenters. The number of halogens is 1. The molecule has 152 valence electrons. The number of β-amino-alcohol motifs (C(OH)–C–C–N with tert-alkyl or cyclic N) is 1. The van der Waals surface area contributed by atoms with Crippen LogP contribution in [0.25, 0.3) is 0 Å². The summed E-state index contributed by atoms with van der Waals surface area (Å²) in [5.41, 5.74) is 0.801. The molecule has 4 rings (SSSR count). The molecule has 0 radical (unpaired) electrons. The third kappa shape index (κ3) is 3.58. The van der Waals surface area contributed by atoms with Crippen LogP contribution in [0.1, 0.15) is 30.4 Å². The highest BCUT2D eigenvalue weighted by Crippen LogP contribution is 2.39. The molecule has 1 aliphatic heterocycles. The molecule has 0 saturated carbocycles. The Labute approximate surface area is 168 Å².